The number of aromatic nitrogens is 2. The van der Waals surface area contributed by atoms with Gasteiger partial charge in [-0.25, -0.2) is 13.8 Å². The predicted molar refractivity (Wildman–Crippen MR) is 79.8 cm³/mol. The zero-order valence-electron chi connectivity index (χ0n) is 12.1. The second-order valence-electron chi connectivity index (χ2n) is 4.75. The smallest absolute Gasteiger partial charge is 0.224 e. The van der Waals surface area contributed by atoms with E-state index in [-0.39, 0.29) is 5.69 Å². The molecule has 1 aromatic heterocycles. The monoisotopic (exact) mass is 292 g/mol. The molecule has 0 aliphatic carbocycles. The van der Waals surface area contributed by atoms with Gasteiger partial charge in [-0.15, -0.1) is 0 Å². The van der Waals surface area contributed by atoms with Gasteiger partial charge in [-0.2, -0.15) is 4.98 Å². The van der Waals surface area contributed by atoms with Crippen LogP contribution in [0, 0.1) is 18.6 Å². The Morgan fingerprint density at radius 2 is 1.95 bits per heavy atom. The number of nitrogens with one attached hydrogen (secondary N) is 2. The van der Waals surface area contributed by atoms with Crippen LogP contribution >= 0.6 is 0 Å². The molecule has 0 fully saturated rings. The Morgan fingerprint density at radius 3 is 2.67 bits per heavy atom. The molecule has 0 aliphatic rings. The highest BCUT2D eigenvalue weighted by Crippen LogP contribution is 2.20. The Kier molecular flexibility index (Phi) is 5.03. The standard InChI is InChI=1S/C15H18F2N4/c1-3-4-7-18-15-19-10(2)8-14(21-15)20-13-6-5-11(16)9-12(13)17/h5-6,8-9H,3-4,7H2,1-2H3,(H2,18,19,20,21). The molecule has 21 heavy (non-hydrogen) atoms. The predicted octanol–water partition coefficient (Wildman–Crippen LogP) is 4.02. The van der Waals surface area contributed by atoms with E-state index in [0.717, 1.165) is 31.1 Å². The number of hydrogen-bond acceptors (Lipinski definition) is 4. The Bertz CT molecular complexity index is 617. The summed E-state index contributed by atoms with van der Waals surface area (Å²) in [6.45, 7) is 4.71. The summed E-state index contributed by atoms with van der Waals surface area (Å²) < 4.78 is 26.5. The zero-order valence-corrected chi connectivity index (χ0v) is 12.1. The topological polar surface area (TPSA) is 49.8 Å². The van der Waals surface area contributed by atoms with E-state index >= 15 is 0 Å². The van der Waals surface area contributed by atoms with Gasteiger partial charge in [-0.1, -0.05) is 13.3 Å². The molecule has 1 heterocycles. The van der Waals surface area contributed by atoms with E-state index < -0.39 is 11.6 Å². The third-order valence-corrected chi connectivity index (χ3v) is 2.86. The van der Waals surface area contributed by atoms with E-state index in [1.54, 1.807) is 6.07 Å². The number of aryl methyl sites for hydroxylation is 1. The maximum absolute atomic E-state index is 13.6. The molecule has 2 rings (SSSR count). The van der Waals surface area contributed by atoms with E-state index in [0.29, 0.717) is 11.8 Å². The molecular formula is C15H18F2N4. The average Bonchev–Trinajstić information content (AvgIpc) is 2.42. The number of unbranched alkanes of at least 4 members (excludes halogenated alkanes) is 1. The molecule has 0 spiro atoms. The van der Waals surface area contributed by atoms with E-state index in [1.165, 1.54) is 12.1 Å². The van der Waals surface area contributed by atoms with Gasteiger partial charge in [-0.05, 0) is 25.5 Å². The Labute approximate surface area is 122 Å². The first-order chi connectivity index (χ1) is 10.1. The van der Waals surface area contributed by atoms with Crippen LogP contribution in [-0.4, -0.2) is 16.5 Å². The van der Waals surface area contributed by atoms with Gasteiger partial charge in [0, 0.05) is 24.4 Å². The molecule has 0 saturated heterocycles. The van der Waals surface area contributed by atoms with Crippen LogP contribution in [-0.2, 0) is 0 Å². The summed E-state index contributed by atoms with van der Waals surface area (Å²) in [6.07, 6.45) is 2.09. The summed E-state index contributed by atoms with van der Waals surface area (Å²) in [6, 6.07) is 5.07. The van der Waals surface area contributed by atoms with Gasteiger partial charge in [-0.3, -0.25) is 0 Å². The van der Waals surface area contributed by atoms with Crippen LogP contribution in [0.25, 0.3) is 0 Å². The second kappa shape index (κ2) is 6.97. The molecule has 112 valence electrons. The van der Waals surface area contributed by atoms with Crippen LogP contribution in [0.1, 0.15) is 25.5 Å². The average molecular weight is 292 g/mol. The molecule has 0 amide bonds. The number of rotatable bonds is 6. The lowest BCUT2D eigenvalue weighted by atomic mass is 10.3. The Morgan fingerprint density at radius 1 is 1.14 bits per heavy atom. The fraction of sp³-hybridized carbons (Fsp3) is 0.333. The minimum atomic E-state index is -0.660. The van der Waals surface area contributed by atoms with Gasteiger partial charge < -0.3 is 10.6 Å². The van der Waals surface area contributed by atoms with Crippen molar-refractivity contribution in [2.75, 3.05) is 17.2 Å². The molecule has 0 atom stereocenters. The molecule has 0 aliphatic heterocycles. The van der Waals surface area contributed by atoms with Gasteiger partial charge in [0.15, 0.2) is 0 Å². The highest BCUT2D eigenvalue weighted by atomic mass is 19.1. The van der Waals surface area contributed by atoms with Crippen molar-refractivity contribution in [3.8, 4) is 0 Å². The van der Waals surface area contributed by atoms with E-state index in [9.17, 15) is 8.78 Å². The zero-order chi connectivity index (χ0) is 15.2. The lowest BCUT2D eigenvalue weighted by Crippen LogP contribution is -2.07. The van der Waals surface area contributed by atoms with Gasteiger partial charge in [0.05, 0.1) is 5.69 Å². The molecular weight excluding hydrogens is 274 g/mol. The maximum atomic E-state index is 13.6. The number of anilines is 3. The van der Waals surface area contributed by atoms with Gasteiger partial charge in [0.2, 0.25) is 5.95 Å². The fourth-order valence-electron chi connectivity index (χ4n) is 1.82. The second-order valence-corrected chi connectivity index (χ2v) is 4.75. The largest absolute Gasteiger partial charge is 0.354 e. The summed E-state index contributed by atoms with van der Waals surface area (Å²) >= 11 is 0. The molecule has 0 saturated carbocycles. The van der Waals surface area contributed by atoms with Crippen LogP contribution in [0.15, 0.2) is 24.3 Å². The molecule has 0 unspecified atom stereocenters. The van der Waals surface area contributed by atoms with Gasteiger partial charge in [0.1, 0.15) is 17.5 Å². The van der Waals surface area contributed by atoms with Gasteiger partial charge >= 0.3 is 0 Å². The molecule has 6 heteroatoms. The Balaban J connectivity index is 2.15. The van der Waals surface area contributed by atoms with Crippen LogP contribution in [0.2, 0.25) is 0 Å². The molecule has 0 bridgehead atoms. The number of benzene rings is 1. The van der Waals surface area contributed by atoms with Crippen molar-refractivity contribution in [2.24, 2.45) is 0 Å². The van der Waals surface area contributed by atoms with E-state index in [2.05, 4.69) is 27.5 Å². The highest BCUT2D eigenvalue weighted by molar-refractivity contribution is 5.58. The maximum Gasteiger partial charge on any atom is 0.224 e. The fourth-order valence-corrected chi connectivity index (χ4v) is 1.82. The highest BCUT2D eigenvalue weighted by Gasteiger charge is 2.07. The van der Waals surface area contributed by atoms with E-state index in [1.807, 2.05) is 6.92 Å². The van der Waals surface area contributed by atoms with Crippen LogP contribution in [0.3, 0.4) is 0 Å². The third-order valence-electron chi connectivity index (χ3n) is 2.86. The van der Waals surface area contributed by atoms with Crippen molar-refractivity contribution >= 4 is 17.5 Å². The van der Waals surface area contributed by atoms with Gasteiger partial charge in [0.25, 0.3) is 0 Å². The first-order valence-corrected chi connectivity index (χ1v) is 6.90. The molecule has 1 aromatic carbocycles. The first kappa shape index (κ1) is 15.2. The minimum absolute atomic E-state index is 0.175. The van der Waals surface area contributed by atoms with Crippen LogP contribution in [0.4, 0.5) is 26.2 Å². The van der Waals surface area contributed by atoms with E-state index in [4.69, 9.17) is 0 Å². The Hall–Kier alpha value is -2.24. The summed E-state index contributed by atoms with van der Waals surface area (Å²) in [5.41, 5.74) is 0.933. The quantitative estimate of drug-likeness (QED) is 0.790. The minimum Gasteiger partial charge on any atom is -0.354 e. The van der Waals surface area contributed by atoms with Crippen molar-refractivity contribution in [1.82, 2.24) is 9.97 Å². The van der Waals surface area contributed by atoms with Crippen LogP contribution < -0.4 is 10.6 Å². The van der Waals surface area contributed by atoms with Crippen molar-refractivity contribution in [1.29, 1.82) is 0 Å². The summed E-state index contributed by atoms with van der Waals surface area (Å²) in [4.78, 5) is 8.54. The lowest BCUT2D eigenvalue weighted by molar-refractivity contribution is 0.586. The van der Waals surface area contributed by atoms with Crippen molar-refractivity contribution in [2.45, 2.75) is 26.7 Å². The molecule has 0 radical (unpaired) electrons. The lowest BCUT2D eigenvalue weighted by Gasteiger charge is -2.10. The summed E-state index contributed by atoms with van der Waals surface area (Å²) in [5, 5.41) is 5.96. The third kappa shape index (κ3) is 4.37. The molecule has 2 aromatic rings. The number of nitrogens with zero attached hydrogens (tertiary/aromatic N) is 2. The summed E-state index contributed by atoms with van der Waals surface area (Å²) in [5.74, 6) is -0.314. The van der Waals surface area contributed by atoms with Crippen molar-refractivity contribution < 1.29 is 8.78 Å². The number of hydrogen-bond donors (Lipinski definition) is 2. The van der Waals surface area contributed by atoms with Crippen molar-refractivity contribution in [3.05, 3.63) is 41.6 Å². The molecule has 4 nitrogen and oxygen atoms in total. The first-order valence-electron chi connectivity index (χ1n) is 6.90. The normalized spacial score (nSPS) is 10.5. The SMILES string of the molecule is CCCCNc1nc(C)cc(Nc2ccc(F)cc2F)n1. The molecule has 2 N–H and O–H groups in total. The van der Waals surface area contributed by atoms with Crippen molar-refractivity contribution in [3.63, 3.8) is 0 Å². The van der Waals surface area contributed by atoms with Crippen LogP contribution in [0.5, 0.6) is 0 Å². The number of halogens is 2. The summed E-state index contributed by atoms with van der Waals surface area (Å²) in [7, 11) is 0.